The minimum atomic E-state index is -3.08. The molecule has 3 fully saturated rings. The first-order valence-corrected chi connectivity index (χ1v) is 36.6. The van der Waals surface area contributed by atoms with Crippen LogP contribution in [0.3, 0.4) is 0 Å². The molecule has 3 aliphatic heterocycles. The Hall–Kier alpha value is -2.53. The minimum absolute atomic E-state index is 0.205. The highest BCUT2D eigenvalue weighted by Gasteiger charge is 2.60. The van der Waals surface area contributed by atoms with Crippen LogP contribution in [0.5, 0.6) is 0 Å². The summed E-state index contributed by atoms with van der Waals surface area (Å²) in [7, 11) is 0. The Morgan fingerprint density at radius 3 is 1.43 bits per heavy atom. The van der Waals surface area contributed by atoms with Gasteiger partial charge in [-0.1, -0.05) is 251 Å². The van der Waals surface area contributed by atoms with Crippen LogP contribution in [-0.4, -0.2) is 215 Å². The van der Waals surface area contributed by atoms with E-state index in [0.717, 1.165) is 51.9 Å². The van der Waals surface area contributed by atoms with E-state index in [1.807, 2.05) is 6.08 Å². The molecule has 0 aromatic rings. The highest BCUT2D eigenvalue weighted by Crippen LogP contribution is 2.39. The summed E-state index contributed by atoms with van der Waals surface area (Å²) in [4.78, 5) is 38.6. The molecule has 93 heavy (non-hydrogen) atoms. The fraction of sp³-hybridized carbons (Fsp3) is 0.929. The molecule has 18 atom stereocenters. The zero-order valence-electron chi connectivity index (χ0n) is 57.1. The van der Waals surface area contributed by atoms with Crippen LogP contribution in [0.4, 0.5) is 0 Å². The number of rotatable bonds is 56. The number of aliphatic hydroxyl groups excluding tert-OH is 11. The van der Waals surface area contributed by atoms with E-state index < -0.39 is 155 Å². The predicted octanol–water partition coefficient (Wildman–Crippen LogP) is 7.46. The van der Waals surface area contributed by atoms with Gasteiger partial charge in [-0.25, -0.2) is 4.79 Å². The van der Waals surface area contributed by atoms with Crippen molar-refractivity contribution in [1.29, 1.82) is 0 Å². The minimum Gasteiger partial charge on any atom is -0.477 e. The maximum atomic E-state index is 13.5. The standard InChI is InChI=1S/C70H130N2O21/c1-4-6-8-10-12-14-16-18-20-21-22-23-24-25-26-27-28-30-32-34-36-38-40-42-44-57(80)72-51(52(77)43-41-39-37-35-33-31-29-19-17-15-13-11-9-7-5-2)49-88-67-62(84)61(83)64(56(48-75)90-67)91-68-63(85)66(60(82)55(47-74)89-68)93-70(69(86)87)45-53(78)58(71-50(3)76)65(92-70)59(81)54(79)46-73/h41,43,51-56,58-68,73-75,77-79,81-85H,4-40,42,44-49H2,1-3H3,(H,71,76)(H,72,80)(H,86,87)/b43-41+. The van der Waals surface area contributed by atoms with Gasteiger partial charge in [-0.2, -0.15) is 0 Å². The Kier molecular flexibility index (Phi) is 46.2. The number of ether oxygens (including phenoxy) is 6. The molecule has 0 spiro atoms. The molecule has 23 heteroatoms. The SMILES string of the molecule is CCCCCCCCCCCCCCC/C=C/C(O)C(COC1OC(CO)C(OC2OC(CO)C(O)C(OC3(C(=O)O)CC(O)C(NC(C)=O)C(C(O)C(O)CO)O3)C2O)C(O)C1O)NC(=O)CCCCCCCCCCCCCCCCCCCCCCCCCC. The number of amides is 2. The molecule has 18 unspecified atom stereocenters. The Morgan fingerprint density at radius 2 is 1.00 bits per heavy atom. The number of aliphatic hydroxyl groups is 11. The number of carboxylic acid groups (broad SMARTS) is 1. The Bertz CT molecular complexity index is 1930. The second kappa shape index (κ2) is 50.7. The van der Waals surface area contributed by atoms with Crippen molar-refractivity contribution in [3.63, 3.8) is 0 Å². The zero-order valence-corrected chi connectivity index (χ0v) is 57.1. The maximum Gasteiger partial charge on any atom is 0.364 e. The highest BCUT2D eigenvalue weighted by atomic mass is 16.8. The van der Waals surface area contributed by atoms with Crippen molar-refractivity contribution >= 4 is 17.8 Å². The van der Waals surface area contributed by atoms with Crippen LogP contribution in [0, 0.1) is 0 Å². The molecular weight excluding hydrogens is 1200 g/mol. The van der Waals surface area contributed by atoms with Crippen LogP contribution in [0.1, 0.15) is 278 Å². The lowest BCUT2D eigenvalue weighted by atomic mass is 9.88. The third-order valence-electron chi connectivity index (χ3n) is 18.7. The van der Waals surface area contributed by atoms with E-state index >= 15 is 0 Å². The number of carboxylic acids is 1. The Balaban J connectivity index is 1.55. The lowest BCUT2D eigenvalue weighted by Gasteiger charge is -2.50. The molecule has 0 saturated carbocycles. The Labute approximate surface area is 556 Å². The molecule has 2 amide bonds. The smallest absolute Gasteiger partial charge is 0.364 e. The first kappa shape index (κ1) is 84.7. The maximum absolute atomic E-state index is 13.5. The molecule has 0 bridgehead atoms. The van der Waals surface area contributed by atoms with Gasteiger partial charge >= 0.3 is 5.97 Å². The lowest BCUT2D eigenvalue weighted by molar-refractivity contribution is -0.386. The second-order valence-electron chi connectivity index (χ2n) is 26.8. The monoisotopic (exact) mass is 1330 g/mol. The van der Waals surface area contributed by atoms with Crippen molar-refractivity contribution in [3.8, 4) is 0 Å². The van der Waals surface area contributed by atoms with Crippen molar-refractivity contribution in [2.75, 3.05) is 26.4 Å². The summed E-state index contributed by atoms with van der Waals surface area (Å²) in [5.74, 6) is -6.13. The van der Waals surface area contributed by atoms with Gasteiger partial charge in [-0.3, -0.25) is 9.59 Å². The summed E-state index contributed by atoms with van der Waals surface area (Å²) < 4.78 is 34.8. The fourth-order valence-electron chi connectivity index (χ4n) is 12.9. The lowest BCUT2D eigenvalue weighted by Crippen LogP contribution is -2.70. The molecule has 0 radical (unpaired) electrons. The third-order valence-corrected chi connectivity index (χ3v) is 18.7. The normalized spacial score (nSPS) is 28.1. The van der Waals surface area contributed by atoms with Gasteiger partial charge in [0.15, 0.2) is 12.6 Å². The van der Waals surface area contributed by atoms with E-state index in [-0.39, 0.29) is 12.3 Å². The second-order valence-corrected chi connectivity index (χ2v) is 26.8. The van der Waals surface area contributed by atoms with Crippen LogP contribution >= 0.6 is 0 Å². The van der Waals surface area contributed by atoms with Crippen LogP contribution in [-0.2, 0) is 42.8 Å². The van der Waals surface area contributed by atoms with Crippen LogP contribution in [0.15, 0.2) is 12.2 Å². The van der Waals surface area contributed by atoms with Gasteiger partial charge in [0.05, 0.1) is 50.7 Å². The number of carbonyl (C=O) groups excluding carboxylic acids is 2. The number of hydrogen-bond donors (Lipinski definition) is 14. The summed E-state index contributed by atoms with van der Waals surface area (Å²) in [6, 6.07) is -2.61. The van der Waals surface area contributed by atoms with Gasteiger partial charge < -0.3 is 100 Å². The molecule has 3 heterocycles. The van der Waals surface area contributed by atoms with Crippen molar-refractivity contribution in [2.45, 2.75) is 387 Å². The summed E-state index contributed by atoms with van der Waals surface area (Å²) in [6.45, 7) is 2.16. The molecule has 3 rings (SSSR count). The molecule has 0 aliphatic carbocycles. The van der Waals surface area contributed by atoms with Crippen molar-refractivity contribution < 1.29 is 104 Å². The summed E-state index contributed by atoms with van der Waals surface area (Å²) in [6.07, 6.45) is 21.1. The zero-order chi connectivity index (χ0) is 68.2. The topological polar surface area (TPSA) is 373 Å². The fourth-order valence-corrected chi connectivity index (χ4v) is 12.9. The largest absolute Gasteiger partial charge is 0.477 e. The van der Waals surface area contributed by atoms with Gasteiger partial charge in [0.25, 0.3) is 5.79 Å². The predicted molar refractivity (Wildman–Crippen MR) is 352 cm³/mol. The molecular formula is C70H130N2O21. The summed E-state index contributed by atoms with van der Waals surface area (Å²) in [5.41, 5.74) is 0. The average Bonchev–Trinajstić information content (AvgIpc) is 0.765. The number of hydrogen-bond acceptors (Lipinski definition) is 20. The van der Waals surface area contributed by atoms with E-state index in [2.05, 4.69) is 24.5 Å². The van der Waals surface area contributed by atoms with E-state index in [9.17, 15) is 75.7 Å². The molecule has 14 N–H and O–H groups in total. The van der Waals surface area contributed by atoms with Crippen molar-refractivity contribution in [3.05, 3.63) is 12.2 Å². The van der Waals surface area contributed by atoms with E-state index in [4.69, 9.17) is 28.4 Å². The third kappa shape index (κ3) is 32.8. The molecule has 3 saturated heterocycles. The van der Waals surface area contributed by atoms with E-state index in [1.54, 1.807) is 6.08 Å². The molecule has 0 aromatic heterocycles. The summed E-state index contributed by atoms with van der Waals surface area (Å²) in [5, 5.41) is 136. The van der Waals surface area contributed by atoms with Gasteiger partial charge in [0.2, 0.25) is 11.8 Å². The molecule has 23 nitrogen and oxygen atoms in total. The van der Waals surface area contributed by atoms with Gasteiger partial charge in [-0.15, -0.1) is 0 Å². The molecule has 3 aliphatic rings. The average molecular weight is 1340 g/mol. The van der Waals surface area contributed by atoms with Crippen LogP contribution in [0.25, 0.3) is 0 Å². The number of allylic oxidation sites excluding steroid dienone is 1. The highest BCUT2D eigenvalue weighted by molar-refractivity contribution is 5.77. The first-order valence-electron chi connectivity index (χ1n) is 36.6. The van der Waals surface area contributed by atoms with Crippen LogP contribution < -0.4 is 10.6 Å². The number of carbonyl (C=O) groups is 3. The van der Waals surface area contributed by atoms with Gasteiger partial charge in [-0.05, 0) is 19.3 Å². The molecule has 546 valence electrons. The first-order chi connectivity index (χ1) is 44.9. The van der Waals surface area contributed by atoms with Gasteiger partial charge in [0, 0.05) is 19.8 Å². The number of aliphatic carboxylic acids is 1. The number of unbranched alkanes of at least 4 members (excludes halogenated alkanes) is 36. The molecule has 0 aromatic carbocycles. The van der Waals surface area contributed by atoms with Gasteiger partial charge in [0.1, 0.15) is 67.1 Å². The summed E-state index contributed by atoms with van der Waals surface area (Å²) >= 11 is 0. The quantitative estimate of drug-likeness (QED) is 0.0207. The van der Waals surface area contributed by atoms with E-state index in [0.29, 0.717) is 12.8 Å². The van der Waals surface area contributed by atoms with Crippen molar-refractivity contribution in [2.24, 2.45) is 0 Å². The number of nitrogens with one attached hydrogen (secondary N) is 2. The van der Waals surface area contributed by atoms with Crippen LogP contribution in [0.2, 0.25) is 0 Å². The van der Waals surface area contributed by atoms with Crippen molar-refractivity contribution in [1.82, 2.24) is 10.6 Å². The Morgan fingerprint density at radius 1 is 0.559 bits per heavy atom. The van der Waals surface area contributed by atoms with E-state index in [1.165, 1.54) is 186 Å².